The van der Waals surface area contributed by atoms with E-state index in [0.29, 0.717) is 0 Å². The summed E-state index contributed by atoms with van der Waals surface area (Å²) in [6.07, 6.45) is 0. The van der Waals surface area contributed by atoms with E-state index in [9.17, 15) is 0 Å². The van der Waals surface area contributed by atoms with Crippen LogP contribution in [0.15, 0.2) is 0 Å². The van der Waals surface area contributed by atoms with Gasteiger partial charge >= 0.3 is 0 Å². The van der Waals surface area contributed by atoms with Crippen molar-refractivity contribution in [3.8, 4) is 0 Å². The van der Waals surface area contributed by atoms with E-state index in [2.05, 4.69) is 33.2 Å². The van der Waals surface area contributed by atoms with Crippen molar-refractivity contribution < 1.29 is 18.7 Å². The minimum absolute atomic E-state index is 1.00. The zero-order valence-corrected chi connectivity index (χ0v) is 14.7. The van der Waals surface area contributed by atoms with Gasteiger partial charge in [-0.1, -0.05) is 5.04 Å². The van der Waals surface area contributed by atoms with Crippen molar-refractivity contribution in [3.05, 3.63) is 0 Å². The molecular weight excluding hydrogens is 238 g/mol. The summed E-state index contributed by atoms with van der Waals surface area (Å²) >= 11 is 0. The van der Waals surface area contributed by atoms with Gasteiger partial charge in [-0.2, -0.15) is 0 Å². The van der Waals surface area contributed by atoms with Crippen LogP contribution in [0.4, 0.5) is 0 Å². The predicted molar refractivity (Wildman–Crippen MR) is 73.9 cm³/mol. The highest BCUT2D eigenvalue weighted by molar-refractivity contribution is 6.70. The Morgan fingerprint density at radius 1 is 0.625 bits per heavy atom. The summed E-state index contributed by atoms with van der Waals surface area (Å²) in [5.41, 5.74) is 0. The minimum atomic E-state index is -1.58. The van der Waals surface area contributed by atoms with E-state index in [1.54, 1.807) is 0 Å². The highest BCUT2D eigenvalue weighted by atomic mass is 28.4. The first kappa shape index (κ1) is 18.6. The number of hydrogen-bond acceptors (Lipinski definition) is 3. The quantitative estimate of drug-likeness (QED) is 0.340. The summed E-state index contributed by atoms with van der Waals surface area (Å²) < 4.78 is 11.1. The molecule has 0 aromatic rings. The molecule has 0 spiro atoms. The third kappa shape index (κ3) is 36.7. The number of rotatable bonds is 4. The Morgan fingerprint density at radius 2 is 0.812 bits per heavy atom. The smallest absolute Gasteiger partial charge is 0.234 e. The predicted octanol–water partition coefficient (Wildman–Crippen LogP) is 2.86. The monoisotopic (exact) mass is 268 g/mol. The summed E-state index contributed by atoms with van der Waals surface area (Å²) in [5, 5.41) is 4.69. The average molecular weight is 269 g/mol. The standard InChI is InChI=1S/C6H18O3Si2.C4H12N/c1-10(2,3)8-7-9-11(4,5)6;1-5(2,3)4/h1-6H3;1-4H3/q;+1. The maximum Gasteiger partial charge on any atom is 0.234 e. The van der Waals surface area contributed by atoms with Crippen LogP contribution in [-0.2, 0) is 14.2 Å². The molecule has 0 aromatic carbocycles. The topological polar surface area (TPSA) is 27.7 Å². The zero-order chi connectivity index (χ0) is 13.6. The maximum atomic E-state index is 5.06. The van der Waals surface area contributed by atoms with Crippen LogP contribution < -0.4 is 0 Å². The van der Waals surface area contributed by atoms with Crippen molar-refractivity contribution in [3.63, 3.8) is 0 Å². The molecule has 0 rings (SSSR count). The molecular formula is C10H30NO3Si2+. The van der Waals surface area contributed by atoms with E-state index in [-0.39, 0.29) is 0 Å². The SMILES string of the molecule is C[N+](C)(C)C.C[Si](C)(C)OOO[Si](C)(C)C. The van der Waals surface area contributed by atoms with Gasteiger partial charge in [-0.15, -0.1) is 0 Å². The first-order valence-corrected chi connectivity index (χ1v) is 12.3. The lowest BCUT2D eigenvalue weighted by atomic mass is 10.8. The van der Waals surface area contributed by atoms with Gasteiger partial charge in [-0.3, -0.25) is 9.15 Å². The molecule has 0 N–H and O–H groups in total. The summed E-state index contributed by atoms with van der Waals surface area (Å²) in [5.74, 6) is 0. The molecule has 6 heteroatoms. The maximum absolute atomic E-state index is 5.06. The third-order valence-corrected chi connectivity index (χ3v) is 1.70. The molecule has 0 saturated heterocycles. The molecule has 0 atom stereocenters. The fraction of sp³-hybridized carbons (Fsp3) is 1.00. The van der Waals surface area contributed by atoms with Crippen LogP contribution >= 0.6 is 0 Å². The van der Waals surface area contributed by atoms with E-state index in [1.165, 1.54) is 0 Å². The molecule has 0 aliphatic rings. The lowest BCUT2D eigenvalue weighted by Crippen LogP contribution is -2.31. The molecule has 0 aliphatic heterocycles. The van der Waals surface area contributed by atoms with Gasteiger partial charge in [0.05, 0.1) is 28.2 Å². The molecule has 16 heavy (non-hydrogen) atoms. The summed E-state index contributed by atoms with van der Waals surface area (Å²) in [6.45, 7) is 12.3. The molecule has 0 amide bonds. The van der Waals surface area contributed by atoms with Crippen molar-refractivity contribution in [2.45, 2.75) is 39.3 Å². The van der Waals surface area contributed by atoms with Crippen molar-refractivity contribution in [1.29, 1.82) is 0 Å². The Balaban J connectivity index is 0. The summed E-state index contributed by atoms with van der Waals surface area (Å²) in [6, 6.07) is 0. The van der Waals surface area contributed by atoms with Crippen LogP contribution in [-0.4, -0.2) is 49.3 Å². The average Bonchev–Trinajstić information content (AvgIpc) is 1.74. The van der Waals surface area contributed by atoms with Crippen LogP contribution in [0.2, 0.25) is 39.3 Å². The molecule has 4 nitrogen and oxygen atoms in total. The summed E-state index contributed by atoms with van der Waals surface area (Å²) in [7, 11) is 5.34. The van der Waals surface area contributed by atoms with Crippen LogP contribution in [0.5, 0.6) is 0 Å². The second-order valence-corrected chi connectivity index (χ2v) is 15.9. The molecule has 0 unspecified atom stereocenters. The van der Waals surface area contributed by atoms with Gasteiger partial charge in [0.1, 0.15) is 0 Å². The molecule has 0 aromatic heterocycles. The second-order valence-electron chi connectivity index (χ2n) is 7.14. The van der Waals surface area contributed by atoms with Crippen LogP contribution in [0.1, 0.15) is 0 Å². The van der Waals surface area contributed by atoms with Gasteiger partial charge in [0.15, 0.2) is 0 Å². The van der Waals surface area contributed by atoms with Gasteiger partial charge in [-0.25, -0.2) is 0 Å². The fourth-order valence-electron chi connectivity index (χ4n) is 0.221. The third-order valence-electron chi connectivity index (χ3n) is 0.568. The molecule has 0 radical (unpaired) electrons. The van der Waals surface area contributed by atoms with Crippen molar-refractivity contribution >= 4 is 16.6 Å². The van der Waals surface area contributed by atoms with E-state index >= 15 is 0 Å². The van der Waals surface area contributed by atoms with Crippen molar-refractivity contribution in [1.82, 2.24) is 0 Å². The number of nitrogens with zero attached hydrogens (tertiary/aromatic N) is 1. The number of hydrogen-bond donors (Lipinski definition) is 0. The van der Waals surface area contributed by atoms with Gasteiger partial charge in [-0.05, 0) is 39.3 Å². The van der Waals surface area contributed by atoms with E-state index in [1.807, 2.05) is 39.3 Å². The Hall–Kier alpha value is 0.274. The number of quaternary nitrogens is 1. The van der Waals surface area contributed by atoms with Crippen LogP contribution in [0.25, 0.3) is 0 Å². The van der Waals surface area contributed by atoms with Crippen molar-refractivity contribution in [2.24, 2.45) is 0 Å². The van der Waals surface area contributed by atoms with E-state index in [4.69, 9.17) is 9.15 Å². The van der Waals surface area contributed by atoms with E-state index < -0.39 is 16.6 Å². The molecule has 0 bridgehead atoms. The van der Waals surface area contributed by atoms with Gasteiger partial charge in [0.2, 0.25) is 16.6 Å². The Bertz CT molecular complexity index is 160. The minimum Gasteiger partial charge on any atom is -0.333 e. The molecule has 0 fully saturated rings. The lowest BCUT2D eigenvalue weighted by molar-refractivity contribution is -0.849. The molecule has 100 valence electrons. The van der Waals surface area contributed by atoms with Gasteiger partial charge in [0.25, 0.3) is 0 Å². The van der Waals surface area contributed by atoms with Crippen LogP contribution in [0.3, 0.4) is 0 Å². The first-order chi connectivity index (χ1) is 6.71. The Kier molecular flexibility index (Phi) is 8.01. The largest absolute Gasteiger partial charge is 0.333 e. The highest BCUT2D eigenvalue weighted by Gasteiger charge is 2.21. The lowest BCUT2D eigenvalue weighted by Gasteiger charge is -2.19. The Morgan fingerprint density at radius 3 is 0.938 bits per heavy atom. The Labute approximate surface area is 103 Å². The first-order valence-electron chi connectivity index (χ1n) is 5.53. The van der Waals surface area contributed by atoms with Gasteiger partial charge in [0, 0.05) is 0 Å². The molecule has 0 aliphatic carbocycles. The highest BCUT2D eigenvalue weighted by Crippen LogP contribution is 2.08. The van der Waals surface area contributed by atoms with Crippen LogP contribution in [0, 0.1) is 0 Å². The fourth-order valence-corrected chi connectivity index (χ4v) is 0.765. The van der Waals surface area contributed by atoms with E-state index in [0.717, 1.165) is 4.48 Å². The molecule has 0 heterocycles. The molecule has 0 saturated carbocycles. The normalized spacial score (nSPS) is 13.1. The summed E-state index contributed by atoms with van der Waals surface area (Å²) in [4.78, 5) is 0. The van der Waals surface area contributed by atoms with Crippen molar-refractivity contribution in [2.75, 3.05) is 28.2 Å². The zero-order valence-electron chi connectivity index (χ0n) is 12.7. The second kappa shape index (κ2) is 6.88. The van der Waals surface area contributed by atoms with Gasteiger partial charge < -0.3 is 4.48 Å².